The molecule has 1 saturated heterocycles. The van der Waals surface area contributed by atoms with E-state index in [0.717, 1.165) is 0 Å². The number of nitrogen functional groups attached to an aromatic ring is 1. The summed E-state index contributed by atoms with van der Waals surface area (Å²) in [6, 6.07) is 0. The van der Waals surface area contributed by atoms with Gasteiger partial charge in [0, 0.05) is 30.8 Å². The van der Waals surface area contributed by atoms with Gasteiger partial charge in [0.05, 0.1) is 52.6 Å². The minimum atomic E-state index is -4.91. The van der Waals surface area contributed by atoms with Gasteiger partial charge in [0.15, 0.2) is 17.7 Å². The number of ether oxygens (including phenoxy) is 4. The number of amides is 1. The van der Waals surface area contributed by atoms with Crippen molar-refractivity contribution in [2.75, 3.05) is 65.1 Å². The van der Waals surface area contributed by atoms with Crippen LogP contribution in [0.3, 0.4) is 0 Å². The fourth-order valence-corrected chi connectivity index (χ4v) is 4.69. The number of aliphatic hydroxyl groups is 2. The van der Waals surface area contributed by atoms with Crippen LogP contribution < -0.4 is 11.1 Å². The summed E-state index contributed by atoms with van der Waals surface area (Å²) in [4.78, 5) is 48.4. The molecule has 21 nitrogen and oxygen atoms in total. The number of anilines is 1. The minimum absolute atomic E-state index is 0.0373. The van der Waals surface area contributed by atoms with E-state index in [1.54, 1.807) is 0 Å². The Labute approximate surface area is 256 Å². The lowest BCUT2D eigenvalue weighted by molar-refractivity contribution is -0.136. The number of imidazole rings is 1. The summed E-state index contributed by atoms with van der Waals surface area (Å²) in [6.45, 7) is 1.70. The third kappa shape index (κ3) is 11.7. The molecule has 0 aromatic carbocycles. The Hall–Kier alpha value is -3.49. The molecule has 1 amide bonds. The van der Waals surface area contributed by atoms with Gasteiger partial charge in [0.2, 0.25) is 5.91 Å². The van der Waals surface area contributed by atoms with E-state index in [1.165, 1.54) is 17.2 Å². The number of nitrogens with one attached hydrogen (secondary N) is 1. The quantitative estimate of drug-likeness (QED) is 0.0364. The number of aromatic nitrogens is 4. The van der Waals surface area contributed by atoms with Crippen molar-refractivity contribution in [1.29, 1.82) is 0 Å². The van der Waals surface area contributed by atoms with Crippen LogP contribution in [0.2, 0.25) is 0 Å². The summed E-state index contributed by atoms with van der Waals surface area (Å²) in [5.41, 5.74) is 14.4. The number of azide groups is 1. The van der Waals surface area contributed by atoms with Crippen LogP contribution in [0.15, 0.2) is 17.8 Å². The number of phosphoric acid groups is 1. The maximum absolute atomic E-state index is 12.3. The van der Waals surface area contributed by atoms with Crippen LogP contribution in [0.1, 0.15) is 25.5 Å². The molecule has 1 aliphatic rings. The second-order valence-corrected chi connectivity index (χ2v) is 10.7. The number of hydrogen-bond acceptors (Lipinski definition) is 16. The Balaban J connectivity index is 1.25. The number of nitrogens with zero attached hydrogens (tertiary/aromatic N) is 7. The average molecular weight is 662 g/mol. The highest BCUT2D eigenvalue weighted by Gasteiger charge is 2.45. The smallest absolute Gasteiger partial charge is 0.387 e. The maximum atomic E-state index is 12.3. The second kappa shape index (κ2) is 18.5. The van der Waals surface area contributed by atoms with E-state index in [2.05, 4.69) is 34.8 Å². The first-order valence-electron chi connectivity index (χ1n) is 13.8. The van der Waals surface area contributed by atoms with E-state index in [0.29, 0.717) is 33.0 Å². The minimum Gasteiger partial charge on any atom is -0.387 e. The highest BCUT2D eigenvalue weighted by Crippen LogP contribution is 2.45. The number of fused-ring (bicyclic) bond motifs is 1. The predicted molar refractivity (Wildman–Crippen MR) is 151 cm³/mol. The number of aliphatic hydroxyl groups excluding tert-OH is 2. The van der Waals surface area contributed by atoms with Crippen LogP contribution >= 0.6 is 7.82 Å². The molecule has 5 atom stereocenters. The Morgan fingerprint density at radius 3 is 2.53 bits per heavy atom. The van der Waals surface area contributed by atoms with Crippen LogP contribution in [0.5, 0.6) is 0 Å². The molecule has 6 N–H and O–H groups in total. The van der Waals surface area contributed by atoms with Crippen LogP contribution in [0.4, 0.5) is 5.82 Å². The lowest BCUT2D eigenvalue weighted by atomic mass is 10.1. The molecular formula is C23H36N9O12P. The normalized spacial score (nSPS) is 20.9. The van der Waals surface area contributed by atoms with Gasteiger partial charge in [-0.15, -0.1) is 0 Å². The van der Waals surface area contributed by atoms with Crippen molar-refractivity contribution in [2.24, 2.45) is 5.11 Å². The topological polar surface area (TPSA) is 298 Å². The van der Waals surface area contributed by atoms with Gasteiger partial charge in [0.25, 0.3) is 0 Å². The number of phosphoric ester groups is 1. The van der Waals surface area contributed by atoms with Gasteiger partial charge in [-0.1, -0.05) is 5.11 Å². The van der Waals surface area contributed by atoms with E-state index in [9.17, 15) is 29.3 Å². The largest absolute Gasteiger partial charge is 0.529 e. The number of carbonyl (C=O) groups excluding carboxylic acids is 2. The molecule has 2 unspecified atom stereocenters. The summed E-state index contributed by atoms with van der Waals surface area (Å²) in [7, 11) is -4.91. The highest BCUT2D eigenvalue weighted by molar-refractivity contribution is 7.48. The summed E-state index contributed by atoms with van der Waals surface area (Å²) >= 11 is 0. The van der Waals surface area contributed by atoms with Crippen molar-refractivity contribution in [3.8, 4) is 0 Å². The third-order valence-electron chi connectivity index (χ3n) is 6.11. The fourth-order valence-electron chi connectivity index (χ4n) is 3.96. The summed E-state index contributed by atoms with van der Waals surface area (Å²) < 4.78 is 44.3. The second-order valence-electron chi connectivity index (χ2n) is 9.35. The lowest BCUT2D eigenvalue weighted by Crippen LogP contribution is -2.33. The van der Waals surface area contributed by atoms with Crippen molar-refractivity contribution >= 4 is 36.7 Å². The zero-order valence-corrected chi connectivity index (χ0v) is 25.0. The van der Waals surface area contributed by atoms with E-state index in [4.69, 9.17) is 34.7 Å². The highest BCUT2D eigenvalue weighted by atomic mass is 31.2. The zero-order valence-electron chi connectivity index (χ0n) is 24.1. The molecule has 0 spiro atoms. The first kappa shape index (κ1) is 36.0. The Morgan fingerprint density at radius 1 is 1.09 bits per heavy atom. The predicted octanol–water partition coefficient (Wildman–Crippen LogP) is -0.665. The van der Waals surface area contributed by atoms with Gasteiger partial charge in [-0.25, -0.2) is 19.5 Å². The van der Waals surface area contributed by atoms with Gasteiger partial charge >= 0.3 is 13.8 Å². The van der Waals surface area contributed by atoms with Gasteiger partial charge in [-0.2, -0.15) is 0 Å². The van der Waals surface area contributed by atoms with E-state index in [-0.39, 0.29) is 61.8 Å². The van der Waals surface area contributed by atoms with Crippen molar-refractivity contribution in [3.63, 3.8) is 0 Å². The van der Waals surface area contributed by atoms with Crippen LogP contribution in [-0.2, 0) is 42.1 Å². The van der Waals surface area contributed by atoms with Gasteiger partial charge in [-0.3, -0.25) is 23.6 Å². The summed E-state index contributed by atoms with van der Waals surface area (Å²) in [6.07, 6.45) is -3.36. The monoisotopic (exact) mass is 661 g/mol. The van der Waals surface area contributed by atoms with Crippen molar-refractivity contribution in [2.45, 2.75) is 43.8 Å². The molecule has 0 radical (unpaired) electrons. The molecule has 0 aliphatic carbocycles. The molecule has 3 heterocycles. The van der Waals surface area contributed by atoms with Gasteiger partial charge in [-0.05, 0) is 12.0 Å². The molecule has 250 valence electrons. The van der Waals surface area contributed by atoms with Crippen LogP contribution in [0.25, 0.3) is 21.6 Å². The maximum Gasteiger partial charge on any atom is 0.529 e. The molecule has 2 aromatic heterocycles. The Morgan fingerprint density at radius 2 is 1.80 bits per heavy atom. The van der Waals surface area contributed by atoms with Crippen molar-refractivity contribution in [3.05, 3.63) is 23.1 Å². The number of carbonyl (C=O) groups is 2. The van der Waals surface area contributed by atoms with Crippen LogP contribution in [0, 0.1) is 0 Å². The molecule has 0 saturated carbocycles. The first-order valence-corrected chi connectivity index (χ1v) is 15.3. The first-order chi connectivity index (χ1) is 21.6. The molecular weight excluding hydrogens is 625 g/mol. The average Bonchev–Trinajstić information content (AvgIpc) is 3.55. The van der Waals surface area contributed by atoms with E-state index in [1.807, 2.05) is 0 Å². The number of nitrogens with two attached hydrogens (primary N) is 1. The number of hydrogen-bond donors (Lipinski definition) is 5. The Kier molecular flexibility index (Phi) is 14.8. The zero-order chi connectivity index (χ0) is 32.7. The summed E-state index contributed by atoms with van der Waals surface area (Å²) in [5.74, 6) is -1.34. The van der Waals surface area contributed by atoms with Crippen molar-refractivity contribution in [1.82, 2.24) is 24.8 Å². The van der Waals surface area contributed by atoms with Gasteiger partial charge in [0.1, 0.15) is 30.2 Å². The molecule has 1 aliphatic heterocycles. The molecule has 3 rings (SSSR count). The van der Waals surface area contributed by atoms with Crippen LogP contribution in [-0.4, -0.2) is 124 Å². The molecule has 22 heteroatoms. The molecule has 45 heavy (non-hydrogen) atoms. The standard InChI is InChI=1S/C23H36N9O12P/c24-21-18-22(28-13-27-21)32(14-29-18)23-20(36)19(35)15(43-23)12-42-45(37,38)44-17(34)3-1-2-16(33)26-4-6-39-8-10-41-11-9-40-7-5-30-31-25/h13-15,19-20,23,35-36H,1-12H2,(H,26,33)(H,37,38)(H2,24,27,28)/t15-,19?,20+,23-/m1/s1. The molecule has 1 fully saturated rings. The SMILES string of the molecule is [N-]=[N+]=NCCOCCOCCOCCNC(=O)CCCC(=O)OP(=O)(O)OC[C@H]1O[C@@H](n2cnc3c(N)ncnc32)[C@@H](O)C1O. The lowest BCUT2D eigenvalue weighted by Gasteiger charge is -2.17. The van der Waals surface area contributed by atoms with Gasteiger partial charge < -0.3 is 44.7 Å². The Bertz CT molecular complexity index is 1340. The number of rotatable bonds is 21. The van der Waals surface area contributed by atoms with Crippen molar-refractivity contribution < 1.29 is 57.3 Å². The third-order valence-corrected chi connectivity index (χ3v) is 7.02. The molecule has 0 bridgehead atoms. The summed E-state index contributed by atoms with van der Waals surface area (Å²) in [5, 5.41) is 26.8. The fraction of sp³-hybridized carbons (Fsp3) is 0.696. The van der Waals surface area contributed by atoms with E-state index >= 15 is 0 Å². The molecule has 2 aromatic rings. The van der Waals surface area contributed by atoms with E-state index < -0.39 is 44.9 Å².